The molecular weight excluding hydrogens is 446 g/mol. The molecule has 9 heteroatoms. The first-order chi connectivity index (χ1) is 16.7. The Balaban J connectivity index is 0.000000429. The first kappa shape index (κ1) is 25.9. The Bertz CT molecular complexity index is 1160. The van der Waals surface area contributed by atoms with Gasteiger partial charge >= 0.3 is 0 Å². The summed E-state index contributed by atoms with van der Waals surface area (Å²) >= 11 is 0. The Labute approximate surface area is 205 Å². The molecule has 186 valence electrons. The van der Waals surface area contributed by atoms with Crippen LogP contribution in [-0.2, 0) is 20.9 Å². The molecule has 2 heterocycles. The Morgan fingerprint density at radius 1 is 1.23 bits per heavy atom. The number of fused-ring (bicyclic) bond motifs is 1. The van der Waals surface area contributed by atoms with E-state index in [-0.39, 0.29) is 17.4 Å². The summed E-state index contributed by atoms with van der Waals surface area (Å²) in [5, 5.41) is 11.6. The van der Waals surface area contributed by atoms with Gasteiger partial charge in [-0.2, -0.15) is 5.10 Å². The zero-order chi connectivity index (χ0) is 25.4. The largest absolute Gasteiger partial charge is 0.462 e. The van der Waals surface area contributed by atoms with Crippen molar-refractivity contribution < 1.29 is 19.1 Å². The standard InChI is InChI=1S/C21H23N5O2.C5H10O2/c22-20(27)18-5-1-3-16-13-26(25-19(16)18)17-8-6-14(7-9-17)11-24-21(28)15-4-2-10-23-12-15;1-5(2,3)7-4-6/h1,3,5-9,13,15,23H,2,4,10-12H2,(H2,22,27)(H,24,28);4H,1-3H3. The maximum atomic E-state index is 12.2. The van der Waals surface area contributed by atoms with Crippen LogP contribution in [0.2, 0.25) is 0 Å². The number of piperidine rings is 1. The normalized spacial score (nSPS) is 15.6. The summed E-state index contributed by atoms with van der Waals surface area (Å²) in [5.41, 5.74) is 8.01. The zero-order valence-corrected chi connectivity index (χ0v) is 20.4. The van der Waals surface area contributed by atoms with Crippen LogP contribution >= 0.6 is 0 Å². The third kappa shape index (κ3) is 7.38. The number of primary amides is 1. The van der Waals surface area contributed by atoms with Gasteiger partial charge in [-0.05, 0) is 63.9 Å². The summed E-state index contributed by atoms with van der Waals surface area (Å²) < 4.78 is 6.28. The van der Waals surface area contributed by atoms with Crippen molar-refractivity contribution in [3.05, 3.63) is 59.8 Å². The number of ether oxygens (including phenoxy) is 1. The Morgan fingerprint density at radius 2 is 1.97 bits per heavy atom. The number of aromatic nitrogens is 2. The van der Waals surface area contributed by atoms with Crippen molar-refractivity contribution in [2.75, 3.05) is 13.1 Å². The lowest BCUT2D eigenvalue weighted by Gasteiger charge is -2.21. The molecule has 35 heavy (non-hydrogen) atoms. The summed E-state index contributed by atoms with van der Waals surface area (Å²) in [6, 6.07) is 13.2. The van der Waals surface area contributed by atoms with Crippen LogP contribution in [-0.4, -0.2) is 46.8 Å². The van der Waals surface area contributed by atoms with Crippen LogP contribution in [0.25, 0.3) is 16.6 Å². The van der Waals surface area contributed by atoms with Gasteiger partial charge in [0.25, 0.3) is 12.4 Å². The van der Waals surface area contributed by atoms with E-state index in [0.29, 0.717) is 24.1 Å². The number of nitrogens with two attached hydrogens (primary N) is 1. The van der Waals surface area contributed by atoms with Crippen molar-refractivity contribution in [1.82, 2.24) is 20.4 Å². The quantitative estimate of drug-likeness (QED) is 0.466. The molecule has 0 radical (unpaired) electrons. The summed E-state index contributed by atoms with van der Waals surface area (Å²) in [6.07, 6.45) is 3.86. The minimum Gasteiger partial charge on any atom is -0.462 e. The second-order valence-electron chi connectivity index (χ2n) is 9.44. The Kier molecular flexibility index (Phi) is 8.59. The van der Waals surface area contributed by atoms with E-state index in [4.69, 9.17) is 5.73 Å². The highest BCUT2D eigenvalue weighted by molar-refractivity contribution is 6.04. The molecule has 4 N–H and O–H groups in total. The molecule has 1 saturated heterocycles. The molecule has 4 rings (SSSR count). The third-order valence-corrected chi connectivity index (χ3v) is 5.54. The lowest BCUT2D eigenvalue weighted by Crippen LogP contribution is -2.40. The average Bonchev–Trinajstić information content (AvgIpc) is 3.27. The first-order valence-electron chi connectivity index (χ1n) is 11.7. The molecule has 1 fully saturated rings. The van der Waals surface area contributed by atoms with Crippen LogP contribution in [0.5, 0.6) is 0 Å². The predicted octanol–water partition coefficient (Wildman–Crippen LogP) is 2.70. The molecule has 1 aromatic heterocycles. The molecule has 1 aliphatic heterocycles. The van der Waals surface area contributed by atoms with E-state index in [1.807, 2.05) is 57.3 Å². The van der Waals surface area contributed by atoms with E-state index >= 15 is 0 Å². The smallest absolute Gasteiger partial charge is 0.293 e. The van der Waals surface area contributed by atoms with E-state index in [2.05, 4.69) is 20.5 Å². The third-order valence-electron chi connectivity index (χ3n) is 5.54. The van der Waals surface area contributed by atoms with Crippen molar-refractivity contribution in [3.8, 4) is 5.69 Å². The molecule has 0 spiro atoms. The minimum absolute atomic E-state index is 0.0592. The van der Waals surface area contributed by atoms with Gasteiger partial charge in [0.2, 0.25) is 5.91 Å². The van der Waals surface area contributed by atoms with Crippen LogP contribution in [0.15, 0.2) is 48.7 Å². The molecule has 0 bridgehead atoms. The summed E-state index contributed by atoms with van der Waals surface area (Å²) in [4.78, 5) is 33.4. The molecule has 0 aliphatic carbocycles. The van der Waals surface area contributed by atoms with E-state index < -0.39 is 5.91 Å². The highest BCUT2D eigenvalue weighted by atomic mass is 16.5. The fourth-order valence-corrected chi connectivity index (χ4v) is 3.70. The summed E-state index contributed by atoms with van der Waals surface area (Å²) in [5.74, 6) is -0.326. The van der Waals surface area contributed by atoms with Crippen molar-refractivity contribution >= 4 is 29.2 Å². The molecule has 1 atom stereocenters. The van der Waals surface area contributed by atoms with Crippen molar-refractivity contribution in [1.29, 1.82) is 0 Å². The van der Waals surface area contributed by atoms with Gasteiger partial charge in [-0.25, -0.2) is 4.68 Å². The highest BCUT2D eigenvalue weighted by Gasteiger charge is 2.20. The molecule has 1 aliphatic rings. The number of benzene rings is 2. The van der Waals surface area contributed by atoms with Gasteiger partial charge in [-0.1, -0.05) is 24.3 Å². The van der Waals surface area contributed by atoms with E-state index in [9.17, 15) is 14.4 Å². The monoisotopic (exact) mass is 479 g/mol. The lowest BCUT2D eigenvalue weighted by atomic mass is 9.99. The van der Waals surface area contributed by atoms with Crippen LogP contribution in [0, 0.1) is 5.92 Å². The van der Waals surface area contributed by atoms with Crippen molar-refractivity contribution in [2.45, 2.75) is 45.8 Å². The van der Waals surface area contributed by atoms with Gasteiger partial charge in [0, 0.05) is 24.7 Å². The second-order valence-corrected chi connectivity index (χ2v) is 9.44. The van der Waals surface area contributed by atoms with Crippen molar-refractivity contribution in [2.24, 2.45) is 11.7 Å². The number of nitrogens with one attached hydrogen (secondary N) is 2. The SMILES string of the molecule is CC(C)(C)OC=O.NC(=O)c1cccc2cn(-c3ccc(CNC(=O)C4CCCNC4)cc3)nc12. The zero-order valence-electron chi connectivity index (χ0n) is 20.4. The maximum Gasteiger partial charge on any atom is 0.293 e. The number of carbonyl (C=O) groups excluding carboxylic acids is 3. The van der Waals surface area contributed by atoms with Crippen LogP contribution in [0.3, 0.4) is 0 Å². The Morgan fingerprint density at radius 3 is 2.54 bits per heavy atom. The molecule has 2 amide bonds. The van der Waals surface area contributed by atoms with Gasteiger partial charge in [0.1, 0.15) is 11.1 Å². The number of hydrogen-bond acceptors (Lipinski definition) is 6. The van der Waals surface area contributed by atoms with Gasteiger partial charge in [0.15, 0.2) is 0 Å². The molecule has 9 nitrogen and oxygen atoms in total. The molecule has 3 aromatic rings. The number of rotatable bonds is 6. The van der Waals surface area contributed by atoms with Gasteiger partial charge in [0.05, 0.1) is 17.2 Å². The van der Waals surface area contributed by atoms with E-state index in [0.717, 1.165) is 42.6 Å². The molecule has 0 saturated carbocycles. The highest BCUT2D eigenvalue weighted by Crippen LogP contribution is 2.20. The molecular formula is C26H33N5O4. The fourth-order valence-electron chi connectivity index (χ4n) is 3.70. The topological polar surface area (TPSA) is 128 Å². The van der Waals surface area contributed by atoms with Gasteiger partial charge in [-0.3, -0.25) is 14.4 Å². The van der Waals surface area contributed by atoms with E-state index in [1.165, 1.54) is 0 Å². The van der Waals surface area contributed by atoms with Crippen LogP contribution in [0.1, 0.15) is 49.5 Å². The second kappa shape index (κ2) is 11.6. The summed E-state index contributed by atoms with van der Waals surface area (Å²) in [6.45, 7) is 8.17. The number of carbonyl (C=O) groups is 3. The lowest BCUT2D eigenvalue weighted by molar-refractivity contribution is -0.138. The number of hydrogen-bond donors (Lipinski definition) is 3. The van der Waals surface area contributed by atoms with Crippen molar-refractivity contribution in [3.63, 3.8) is 0 Å². The predicted molar refractivity (Wildman–Crippen MR) is 134 cm³/mol. The minimum atomic E-state index is -0.491. The Hall–Kier alpha value is -3.72. The average molecular weight is 480 g/mol. The number of nitrogens with zero attached hydrogens (tertiary/aromatic N) is 2. The van der Waals surface area contributed by atoms with Gasteiger partial charge in [-0.15, -0.1) is 0 Å². The molecule has 2 aromatic carbocycles. The summed E-state index contributed by atoms with van der Waals surface area (Å²) in [7, 11) is 0. The number of amides is 2. The van der Waals surface area contributed by atoms with E-state index in [1.54, 1.807) is 16.8 Å². The first-order valence-corrected chi connectivity index (χ1v) is 11.7. The van der Waals surface area contributed by atoms with Gasteiger partial charge < -0.3 is 21.1 Å². The molecule has 1 unspecified atom stereocenters. The fraction of sp³-hybridized carbons (Fsp3) is 0.385. The van der Waals surface area contributed by atoms with Crippen LogP contribution in [0.4, 0.5) is 0 Å². The maximum absolute atomic E-state index is 12.2. The van der Waals surface area contributed by atoms with Crippen LogP contribution < -0.4 is 16.4 Å².